The molecule has 0 radical (unpaired) electrons. The number of nitrogens with one attached hydrogen (secondary N) is 1. The van der Waals surface area contributed by atoms with Crippen molar-refractivity contribution in [1.29, 1.82) is 0 Å². The third kappa shape index (κ3) is 4.96. The molecule has 8 nitrogen and oxygen atoms in total. The molecule has 3 aromatic rings. The van der Waals surface area contributed by atoms with Gasteiger partial charge < -0.3 is 19.7 Å². The number of nitrogens with zero attached hydrogens (tertiary/aromatic N) is 4. The molecule has 0 saturated heterocycles. The molecule has 3 heterocycles. The van der Waals surface area contributed by atoms with Crippen molar-refractivity contribution in [2.24, 2.45) is 0 Å². The van der Waals surface area contributed by atoms with Crippen LogP contribution in [0.25, 0.3) is 11.4 Å². The molecule has 1 N–H and O–H groups in total. The van der Waals surface area contributed by atoms with Crippen LogP contribution in [0.5, 0.6) is 5.75 Å². The maximum atomic E-state index is 12.7. The summed E-state index contributed by atoms with van der Waals surface area (Å²) >= 11 is 0. The van der Waals surface area contributed by atoms with Gasteiger partial charge in [0.25, 0.3) is 0 Å². The molecule has 32 heavy (non-hydrogen) atoms. The smallest absolute Gasteiger partial charge is 0.410 e. The van der Waals surface area contributed by atoms with Gasteiger partial charge in [0, 0.05) is 48.2 Å². The van der Waals surface area contributed by atoms with Crippen molar-refractivity contribution < 1.29 is 14.3 Å². The van der Waals surface area contributed by atoms with Crippen molar-refractivity contribution in [2.45, 2.75) is 39.3 Å². The van der Waals surface area contributed by atoms with E-state index >= 15 is 0 Å². The minimum absolute atomic E-state index is 0.339. The normalized spacial score (nSPS) is 13.3. The van der Waals surface area contributed by atoms with Gasteiger partial charge in [-0.1, -0.05) is 6.07 Å². The number of aromatic nitrogens is 3. The molecule has 1 aromatic carbocycles. The molecular formula is C24H27N5O3. The first kappa shape index (κ1) is 21.5. The number of pyridine rings is 1. The number of carbonyl (C=O) groups excluding carboxylic acids is 1. The molecule has 0 unspecified atom stereocenters. The monoisotopic (exact) mass is 433 g/mol. The van der Waals surface area contributed by atoms with Crippen molar-refractivity contribution >= 4 is 17.6 Å². The highest BCUT2D eigenvalue weighted by atomic mass is 16.6. The maximum absolute atomic E-state index is 12.7. The minimum Gasteiger partial charge on any atom is -0.497 e. The van der Waals surface area contributed by atoms with E-state index < -0.39 is 5.60 Å². The first-order valence-electron chi connectivity index (χ1n) is 10.5. The number of amides is 1. The van der Waals surface area contributed by atoms with E-state index in [1.807, 2.05) is 57.2 Å². The number of rotatable bonds is 4. The molecule has 0 atom stereocenters. The fourth-order valence-corrected chi connectivity index (χ4v) is 3.47. The lowest BCUT2D eigenvalue weighted by atomic mass is 10.1. The number of ether oxygens (including phenoxy) is 2. The summed E-state index contributed by atoms with van der Waals surface area (Å²) in [4.78, 5) is 28.1. The fraction of sp³-hybridized carbons (Fsp3) is 0.333. The molecule has 0 bridgehead atoms. The van der Waals surface area contributed by atoms with Crippen LogP contribution in [0.1, 0.15) is 32.0 Å². The zero-order chi connectivity index (χ0) is 22.7. The third-order valence-electron chi connectivity index (χ3n) is 4.98. The highest BCUT2D eigenvalue weighted by molar-refractivity contribution is 5.71. The van der Waals surface area contributed by atoms with Gasteiger partial charge in [0.1, 0.15) is 17.2 Å². The number of carbonyl (C=O) groups is 1. The van der Waals surface area contributed by atoms with Crippen molar-refractivity contribution in [1.82, 2.24) is 19.9 Å². The zero-order valence-electron chi connectivity index (χ0n) is 18.8. The summed E-state index contributed by atoms with van der Waals surface area (Å²) in [6, 6.07) is 11.4. The largest absolute Gasteiger partial charge is 0.497 e. The van der Waals surface area contributed by atoms with Gasteiger partial charge in [0.15, 0.2) is 5.82 Å². The van der Waals surface area contributed by atoms with E-state index in [2.05, 4.69) is 10.3 Å². The number of methoxy groups -OCH3 is 1. The van der Waals surface area contributed by atoms with Crippen LogP contribution < -0.4 is 10.1 Å². The average Bonchev–Trinajstić information content (AvgIpc) is 2.78. The predicted octanol–water partition coefficient (Wildman–Crippen LogP) is 4.58. The summed E-state index contributed by atoms with van der Waals surface area (Å²) < 4.78 is 10.9. The maximum Gasteiger partial charge on any atom is 0.410 e. The van der Waals surface area contributed by atoms with Gasteiger partial charge in [-0.3, -0.25) is 4.98 Å². The highest BCUT2D eigenvalue weighted by Crippen LogP contribution is 2.30. The van der Waals surface area contributed by atoms with Crippen LogP contribution in [0.3, 0.4) is 0 Å². The Morgan fingerprint density at radius 2 is 1.91 bits per heavy atom. The van der Waals surface area contributed by atoms with Crippen LogP contribution in [0.2, 0.25) is 0 Å². The van der Waals surface area contributed by atoms with Crippen LogP contribution in [0, 0.1) is 0 Å². The van der Waals surface area contributed by atoms with E-state index in [9.17, 15) is 4.79 Å². The van der Waals surface area contributed by atoms with Gasteiger partial charge in [-0.15, -0.1) is 0 Å². The zero-order valence-corrected chi connectivity index (χ0v) is 18.8. The lowest BCUT2D eigenvalue weighted by molar-refractivity contribution is 0.0223. The second-order valence-corrected chi connectivity index (χ2v) is 8.57. The number of fused-ring (bicyclic) bond motifs is 1. The topological polar surface area (TPSA) is 89.5 Å². The summed E-state index contributed by atoms with van der Waals surface area (Å²) in [6.07, 6.45) is 3.71. The first-order valence-corrected chi connectivity index (χ1v) is 10.5. The van der Waals surface area contributed by atoms with Crippen LogP contribution in [0.15, 0.2) is 48.8 Å². The lowest BCUT2D eigenvalue weighted by Crippen LogP contribution is -2.40. The van der Waals surface area contributed by atoms with E-state index in [0.29, 0.717) is 31.2 Å². The number of hydrogen-bond acceptors (Lipinski definition) is 7. The van der Waals surface area contributed by atoms with Crippen molar-refractivity contribution in [3.05, 3.63) is 60.0 Å². The van der Waals surface area contributed by atoms with E-state index in [0.717, 1.165) is 28.3 Å². The van der Waals surface area contributed by atoms with Gasteiger partial charge in [-0.2, -0.15) is 0 Å². The van der Waals surface area contributed by atoms with Gasteiger partial charge in [0.2, 0.25) is 0 Å². The predicted molar refractivity (Wildman–Crippen MR) is 122 cm³/mol. The molecular weight excluding hydrogens is 406 g/mol. The Labute approximate surface area is 187 Å². The fourth-order valence-electron chi connectivity index (χ4n) is 3.47. The molecule has 4 rings (SSSR count). The molecule has 0 spiro atoms. The van der Waals surface area contributed by atoms with E-state index in [4.69, 9.17) is 19.4 Å². The second-order valence-electron chi connectivity index (χ2n) is 8.57. The average molecular weight is 434 g/mol. The Balaban J connectivity index is 1.71. The van der Waals surface area contributed by atoms with Crippen molar-refractivity contribution in [3.8, 4) is 17.1 Å². The molecule has 0 saturated carbocycles. The number of benzene rings is 1. The summed E-state index contributed by atoms with van der Waals surface area (Å²) in [6.45, 7) is 6.49. The Morgan fingerprint density at radius 3 is 2.62 bits per heavy atom. The highest BCUT2D eigenvalue weighted by Gasteiger charge is 2.29. The summed E-state index contributed by atoms with van der Waals surface area (Å²) in [5, 5.41) is 3.40. The SMILES string of the molecule is COc1cccc(Nc2nc(-c3ccncc3)nc3c2CN(C(=O)OC(C)(C)C)CC3)c1. The standard InChI is InChI=1S/C24H27N5O3/c1-24(2,3)32-23(30)29-13-10-20-19(15-29)22(26-17-6-5-7-18(14-17)31-4)28-21(27-20)16-8-11-25-12-9-16/h5-9,11-12,14H,10,13,15H2,1-4H3,(H,26,27,28). The van der Waals surface area contributed by atoms with Crippen LogP contribution in [-0.4, -0.2) is 45.2 Å². The summed E-state index contributed by atoms with van der Waals surface area (Å²) in [5.41, 5.74) is 2.95. The quantitative estimate of drug-likeness (QED) is 0.644. The molecule has 2 aromatic heterocycles. The van der Waals surface area contributed by atoms with Gasteiger partial charge >= 0.3 is 6.09 Å². The molecule has 0 aliphatic carbocycles. The second kappa shape index (κ2) is 8.82. The molecule has 166 valence electrons. The molecule has 1 amide bonds. The Bertz CT molecular complexity index is 1110. The van der Waals surface area contributed by atoms with E-state index in [1.165, 1.54) is 0 Å². The number of anilines is 2. The van der Waals surface area contributed by atoms with Crippen molar-refractivity contribution in [3.63, 3.8) is 0 Å². The molecule has 1 aliphatic heterocycles. The first-order chi connectivity index (χ1) is 15.3. The Morgan fingerprint density at radius 1 is 1.12 bits per heavy atom. The van der Waals surface area contributed by atoms with Gasteiger partial charge in [-0.25, -0.2) is 14.8 Å². The number of hydrogen-bond donors (Lipinski definition) is 1. The Kier molecular flexibility index (Phi) is 5.94. The van der Waals surface area contributed by atoms with Crippen molar-refractivity contribution in [2.75, 3.05) is 19.0 Å². The lowest BCUT2D eigenvalue weighted by Gasteiger charge is -2.31. The van der Waals surface area contributed by atoms with Crippen LogP contribution >= 0.6 is 0 Å². The minimum atomic E-state index is -0.555. The summed E-state index contributed by atoms with van der Waals surface area (Å²) in [5.74, 6) is 2.01. The third-order valence-corrected chi connectivity index (χ3v) is 4.98. The van der Waals surface area contributed by atoms with E-state index in [-0.39, 0.29) is 6.09 Å². The molecule has 0 fully saturated rings. The molecule has 1 aliphatic rings. The summed E-state index contributed by atoms with van der Waals surface area (Å²) in [7, 11) is 1.63. The van der Waals surface area contributed by atoms with Gasteiger partial charge in [0.05, 0.1) is 19.3 Å². The van der Waals surface area contributed by atoms with Crippen LogP contribution in [0.4, 0.5) is 16.3 Å². The van der Waals surface area contributed by atoms with Crippen LogP contribution in [-0.2, 0) is 17.7 Å². The van der Waals surface area contributed by atoms with Gasteiger partial charge in [-0.05, 0) is 45.0 Å². The van der Waals surface area contributed by atoms with E-state index in [1.54, 1.807) is 24.4 Å². The molecule has 8 heteroatoms. The Hall–Kier alpha value is -3.68.